The number of anilines is 2. The fourth-order valence-electron chi connectivity index (χ4n) is 3.76. The predicted octanol–water partition coefficient (Wildman–Crippen LogP) is 6.95. The Labute approximate surface area is 190 Å². The van der Waals surface area contributed by atoms with E-state index in [1.165, 1.54) is 0 Å². The lowest BCUT2D eigenvalue weighted by Crippen LogP contribution is -2.12. The third-order valence-corrected chi connectivity index (χ3v) is 5.44. The average Bonchev–Trinajstić information content (AvgIpc) is 2.84. The van der Waals surface area contributed by atoms with E-state index in [1.54, 1.807) is 30.3 Å². The van der Waals surface area contributed by atoms with Gasteiger partial charge < -0.3 is 16.2 Å². The van der Waals surface area contributed by atoms with Crippen molar-refractivity contribution in [1.29, 1.82) is 0 Å². The first kappa shape index (κ1) is 20.2. The average molecular weight is 432 g/mol. The van der Waals surface area contributed by atoms with Gasteiger partial charge in [-0.3, -0.25) is 4.79 Å². The SMILES string of the molecule is Nc1ccc(N=Nc2c(O)c(C(=O)Nc3cccc4ccccc34)cc3ccccc23)cc1. The van der Waals surface area contributed by atoms with Crippen molar-refractivity contribution in [3.05, 3.63) is 103 Å². The molecule has 0 aliphatic heterocycles. The number of nitrogens with zero attached hydrogens (tertiary/aromatic N) is 2. The van der Waals surface area contributed by atoms with Crippen molar-refractivity contribution < 1.29 is 9.90 Å². The number of amides is 1. The van der Waals surface area contributed by atoms with Crippen molar-refractivity contribution in [3.8, 4) is 5.75 Å². The highest BCUT2D eigenvalue weighted by Gasteiger charge is 2.19. The van der Waals surface area contributed by atoms with E-state index < -0.39 is 5.91 Å². The van der Waals surface area contributed by atoms with E-state index in [4.69, 9.17) is 5.73 Å². The van der Waals surface area contributed by atoms with E-state index in [1.807, 2.05) is 66.7 Å². The molecule has 0 aliphatic carbocycles. The summed E-state index contributed by atoms with van der Waals surface area (Å²) in [5.74, 6) is -0.663. The Kier molecular flexibility index (Phi) is 5.16. The Morgan fingerprint density at radius 3 is 2.21 bits per heavy atom. The van der Waals surface area contributed by atoms with Crippen LogP contribution in [-0.2, 0) is 0 Å². The molecular formula is C27H20N4O2. The summed E-state index contributed by atoms with van der Waals surface area (Å²) < 4.78 is 0. The molecule has 1 amide bonds. The molecular weight excluding hydrogens is 412 g/mol. The van der Waals surface area contributed by atoms with Crippen LogP contribution in [0.1, 0.15) is 10.4 Å². The van der Waals surface area contributed by atoms with E-state index >= 15 is 0 Å². The third-order valence-electron chi connectivity index (χ3n) is 5.44. The molecule has 0 atom stereocenters. The molecule has 0 unspecified atom stereocenters. The number of carbonyl (C=O) groups excluding carboxylic acids is 1. The van der Waals surface area contributed by atoms with Crippen molar-refractivity contribution in [2.75, 3.05) is 11.1 Å². The second-order valence-corrected chi connectivity index (χ2v) is 7.61. The Bertz CT molecular complexity index is 1520. The van der Waals surface area contributed by atoms with Gasteiger partial charge in [-0.25, -0.2) is 0 Å². The highest BCUT2D eigenvalue weighted by molar-refractivity contribution is 6.14. The first-order valence-electron chi connectivity index (χ1n) is 10.4. The summed E-state index contributed by atoms with van der Waals surface area (Å²) >= 11 is 0. The molecule has 0 aromatic heterocycles. The van der Waals surface area contributed by atoms with Crippen LogP contribution in [0.3, 0.4) is 0 Å². The molecule has 0 fully saturated rings. The monoisotopic (exact) mass is 432 g/mol. The van der Waals surface area contributed by atoms with E-state index in [0.717, 1.165) is 16.2 Å². The molecule has 0 saturated heterocycles. The zero-order valence-electron chi connectivity index (χ0n) is 17.6. The number of nitrogens with one attached hydrogen (secondary N) is 1. The maximum atomic E-state index is 13.2. The summed E-state index contributed by atoms with van der Waals surface area (Å²) in [5.41, 5.74) is 7.94. The number of nitrogens with two attached hydrogens (primary N) is 1. The molecule has 5 aromatic rings. The molecule has 0 aliphatic rings. The smallest absolute Gasteiger partial charge is 0.259 e. The number of hydrogen-bond acceptors (Lipinski definition) is 5. The number of carbonyl (C=O) groups is 1. The number of azo groups is 1. The highest BCUT2D eigenvalue weighted by Crippen LogP contribution is 2.40. The topological polar surface area (TPSA) is 100 Å². The number of phenols is 1. The van der Waals surface area contributed by atoms with Crippen molar-refractivity contribution in [2.45, 2.75) is 0 Å². The first-order valence-corrected chi connectivity index (χ1v) is 10.4. The zero-order valence-corrected chi connectivity index (χ0v) is 17.6. The van der Waals surface area contributed by atoms with Gasteiger partial charge in [0.25, 0.3) is 5.91 Å². The van der Waals surface area contributed by atoms with Crippen LogP contribution in [-0.4, -0.2) is 11.0 Å². The van der Waals surface area contributed by atoms with Crippen LogP contribution < -0.4 is 11.1 Å². The molecule has 0 bridgehead atoms. The molecule has 33 heavy (non-hydrogen) atoms. The van der Waals surface area contributed by atoms with Gasteiger partial charge in [-0.05, 0) is 47.2 Å². The number of hydrogen-bond donors (Lipinski definition) is 3. The zero-order chi connectivity index (χ0) is 22.8. The lowest BCUT2D eigenvalue weighted by molar-refractivity contribution is 0.102. The number of fused-ring (bicyclic) bond motifs is 2. The van der Waals surface area contributed by atoms with Crippen LogP contribution >= 0.6 is 0 Å². The van der Waals surface area contributed by atoms with Gasteiger partial charge in [0.15, 0.2) is 5.75 Å². The van der Waals surface area contributed by atoms with Gasteiger partial charge in [-0.2, -0.15) is 5.11 Å². The summed E-state index contributed by atoms with van der Waals surface area (Å²) in [6.07, 6.45) is 0. The van der Waals surface area contributed by atoms with Crippen LogP contribution in [0, 0.1) is 0 Å². The lowest BCUT2D eigenvalue weighted by Gasteiger charge is -2.12. The molecule has 0 radical (unpaired) electrons. The van der Waals surface area contributed by atoms with Gasteiger partial charge in [0, 0.05) is 22.1 Å². The lowest BCUT2D eigenvalue weighted by atomic mass is 10.0. The molecule has 5 rings (SSSR count). The maximum Gasteiger partial charge on any atom is 0.259 e. The Morgan fingerprint density at radius 1 is 0.758 bits per heavy atom. The molecule has 160 valence electrons. The Hall–Kier alpha value is -4.71. The number of rotatable bonds is 4. The minimum atomic E-state index is -0.432. The first-order chi connectivity index (χ1) is 16.1. The summed E-state index contributed by atoms with van der Waals surface area (Å²) in [6.45, 7) is 0. The van der Waals surface area contributed by atoms with Crippen molar-refractivity contribution >= 4 is 50.2 Å². The number of benzene rings is 5. The van der Waals surface area contributed by atoms with Crippen LogP contribution in [0.25, 0.3) is 21.5 Å². The van der Waals surface area contributed by atoms with Crippen molar-refractivity contribution in [3.63, 3.8) is 0 Å². The van der Waals surface area contributed by atoms with Gasteiger partial charge in [0.1, 0.15) is 5.69 Å². The van der Waals surface area contributed by atoms with Crippen LogP contribution in [0.2, 0.25) is 0 Å². The standard InChI is InChI=1S/C27H20N4O2/c28-19-12-14-20(15-13-19)30-31-25-22-10-4-2-7-18(22)16-23(26(25)32)27(33)29-24-11-5-8-17-6-1-3-9-21(17)24/h1-16,32H,28H2,(H,29,33). The largest absolute Gasteiger partial charge is 0.505 e. The van der Waals surface area contributed by atoms with E-state index in [9.17, 15) is 9.90 Å². The molecule has 0 spiro atoms. The molecule has 0 saturated carbocycles. The normalized spacial score (nSPS) is 11.3. The highest BCUT2D eigenvalue weighted by atomic mass is 16.3. The number of nitrogen functional groups attached to an aromatic ring is 1. The van der Waals surface area contributed by atoms with Gasteiger partial charge in [-0.15, -0.1) is 5.11 Å². The predicted molar refractivity (Wildman–Crippen MR) is 133 cm³/mol. The Balaban J connectivity index is 1.57. The van der Waals surface area contributed by atoms with Crippen LogP contribution in [0.15, 0.2) is 107 Å². The second-order valence-electron chi connectivity index (χ2n) is 7.61. The molecule has 6 heteroatoms. The molecule has 0 heterocycles. The van der Waals surface area contributed by atoms with Crippen LogP contribution in [0.4, 0.5) is 22.7 Å². The van der Waals surface area contributed by atoms with E-state index in [-0.39, 0.29) is 17.0 Å². The van der Waals surface area contributed by atoms with Gasteiger partial charge in [-0.1, -0.05) is 60.7 Å². The van der Waals surface area contributed by atoms with Crippen molar-refractivity contribution in [2.24, 2.45) is 10.2 Å². The van der Waals surface area contributed by atoms with Gasteiger partial charge >= 0.3 is 0 Å². The number of aromatic hydroxyl groups is 1. The quantitative estimate of drug-likeness (QED) is 0.212. The fourth-order valence-corrected chi connectivity index (χ4v) is 3.76. The summed E-state index contributed by atoms with van der Waals surface area (Å²) in [7, 11) is 0. The second kappa shape index (κ2) is 8.43. The van der Waals surface area contributed by atoms with E-state index in [0.29, 0.717) is 22.4 Å². The minimum Gasteiger partial charge on any atom is -0.505 e. The molecule has 5 aromatic carbocycles. The number of phenolic OH excluding ortho intramolecular Hbond substituents is 1. The molecule has 6 nitrogen and oxygen atoms in total. The maximum absolute atomic E-state index is 13.2. The summed E-state index contributed by atoms with van der Waals surface area (Å²) in [5, 5.41) is 25.9. The fraction of sp³-hybridized carbons (Fsp3) is 0. The third kappa shape index (κ3) is 3.97. The Morgan fingerprint density at radius 2 is 1.42 bits per heavy atom. The molecule has 4 N–H and O–H groups in total. The summed E-state index contributed by atoms with van der Waals surface area (Å²) in [6, 6.07) is 29.5. The minimum absolute atomic E-state index is 0.118. The van der Waals surface area contributed by atoms with Gasteiger partial charge in [0.2, 0.25) is 0 Å². The van der Waals surface area contributed by atoms with Gasteiger partial charge in [0.05, 0.1) is 11.3 Å². The summed E-state index contributed by atoms with van der Waals surface area (Å²) in [4.78, 5) is 13.2. The van der Waals surface area contributed by atoms with Crippen LogP contribution in [0.5, 0.6) is 5.75 Å². The van der Waals surface area contributed by atoms with Crippen molar-refractivity contribution in [1.82, 2.24) is 0 Å². The van der Waals surface area contributed by atoms with E-state index in [2.05, 4.69) is 15.5 Å².